The zero-order valence-electron chi connectivity index (χ0n) is 17.2. The third-order valence-electron chi connectivity index (χ3n) is 4.94. The number of rotatable bonds is 12. The molecule has 0 amide bonds. The highest BCUT2D eigenvalue weighted by atomic mass is 16.5. The van der Waals surface area contributed by atoms with Gasteiger partial charge in [-0.3, -0.25) is 4.99 Å². The van der Waals surface area contributed by atoms with Crippen LogP contribution in [-0.4, -0.2) is 76.3 Å². The van der Waals surface area contributed by atoms with Crippen molar-refractivity contribution in [3.8, 4) is 0 Å². The smallest absolute Gasteiger partial charge is 0.193 e. The number of guanidine groups is 1. The van der Waals surface area contributed by atoms with E-state index in [9.17, 15) is 0 Å². The number of ether oxygens (including phenoxy) is 1. The van der Waals surface area contributed by atoms with Crippen molar-refractivity contribution in [2.45, 2.75) is 58.3 Å². The van der Waals surface area contributed by atoms with Gasteiger partial charge < -0.3 is 19.9 Å². The van der Waals surface area contributed by atoms with Gasteiger partial charge in [-0.1, -0.05) is 19.3 Å². The molecule has 1 N–H and O–H groups in total. The van der Waals surface area contributed by atoms with E-state index in [2.05, 4.69) is 43.2 Å². The fraction of sp³-hybridized carbons (Fsp3) is 0.950. The fourth-order valence-electron chi connectivity index (χ4n) is 3.24. The summed E-state index contributed by atoms with van der Waals surface area (Å²) in [7, 11) is 6.47. The summed E-state index contributed by atoms with van der Waals surface area (Å²) < 4.78 is 5.45. The van der Waals surface area contributed by atoms with Crippen molar-refractivity contribution < 1.29 is 4.74 Å². The predicted octanol–water partition coefficient (Wildman–Crippen LogP) is 3.21. The van der Waals surface area contributed by atoms with Crippen LogP contribution in [0, 0.1) is 5.92 Å². The van der Waals surface area contributed by atoms with Crippen LogP contribution in [0.15, 0.2) is 4.99 Å². The summed E-state index contributed by atoms with van der Waals surface area (Å²) in [5.41, 5.74) is 0. The molecule has 1 aliphatic rings. The minimum absolute atomic E-state index is 0.821. The SMILES string of the molecule is CCNC(=NCCCCCCCN(C)C)N(C)CCC1CCOCC1. The summed E-state index contributed by atoms with van der Waals surface area (Å²) in [5, 5.41) is 3.44. The van der Waals surface area contributed by atoms with E-state index in [1.54, 1.807) is 0 Å². The molecule has 1 rings (SSSR count). The molecule has 0 radical (unpaired) electrons. The average Bonchev–Trinajstić information content (AvgIpc) is 2.61. The normalized spacial score (nSPS) is 16.4. The van der Waals surface area contributed by atoms with Gasteiger partial charge in [0.2, 0.25) is 0 Å². The maximum atomic E-state index is 5.45. The number of unbranched alkanes of at least 4 members (excludes halogenated alkanes) is 4. The van der Waals surface area contributed by atoms with Gasteiger partial charge in [0.25, 0.3) is 0 Å². The van der Waals surface area contributed by atoms with Crippen molar-refractivity contribution in [2.24, 2.45) is 10.9 Å². The highest BCUT2D eigenvalue weighted by molar-refractivity contribution is 5.79. The second-order valence-corrected chi connectivity index (χ2v) is 7.57. The summed E-state index contributed by atoms with van der Waals surface area (Å²) >= 11 is 0. The minimum atomic E-state index is 0.821. The molecule has 1 fully saturated rings. The molecule has 0 spiro atoms. The molecule has 5 heteroatoms. The van der Waals surface area contributed by atoms with Crippen molar-refractivity contribution in [3.05, 3.63) is 0 Å². The first kappa shape index (κ1) is 22.2. The van der Waals surface area contributed by atoms with E-state index in [0.29, 0.717) is 0 Å². The molecule has 0 aromatic rings. The van der Waals surface area contributed by atoms with E-state index in [1.165, 1.54) is 57.9 Å². The van der Waals surface area contributed by atoms with Crippen LogP contribution in [0.25, 0.3) is 0 Å². The number of nitrogens with one attached hydrogen (secondary N) is 1. The van der Waals surface area contributed by atoms with Crippen molar-refractivity contribution in [1.29, 1.82) is 0 Å². The molecule has 1 saturated heterocycles. The first-order valence-electron chi connectivity index (χ1n) is 10.4. The Kier molecular flexibility index (Phi) is 12.8. The second-order valence-electron chi connectivity index (χ2n) is 7.57. The molecule has 0 atom stereocenters. The van der Waals surface area contributed by atoms with Gasteiger partial charge in [-0.05, 0) is 65.6 Å². The molecule has 25 heavy (non-hydrogen) atoms. The summed E-state index contributed by atoms with van der Waals surface area (Å²) in [4.78, 5) is 9.39. The summed E-state index contributed by atoms with van der Waals surface area (Å²) in [5.74, 6) is 1.89. The fourth-order valence-corrected chi connectivity index (χ4v) is 3.24. The zero-order chi connectivity index (χ0) is 18.3. The van der Waals surface area contributed by atoms with Crippen molar-refractivity contribution in [1.82, 2.24) is 15.1 Å². The lowest BCUT2D eigenvalue weighted by molar-refractivity contribution is 0.0625. The molecule has 0 aliphatic carbocycles. The van der Waals surface area contributed by atoms with Crippen LogP contribution in [0.2, 0.25) is 0 Å². The van der Waals surface area contributed by atoms with E-state index in [4.69, 9.17) is 9.73 Å². The molecule has 0 aromatic heterocycles. The van der Waals surface area contributed by atoms with Gasteiger partial charge >= 0.3 is 0 Å². The Morgan fingerprint density at radius 1 is 1.00 bits per heavy atom. The number of nitrogens with zero attached hydrogens (tertiary/aromatic N) is 3. The topological polar surface area (TPSA) is 40.1 Å². The molecule has 0 aromatic carbocycles. The van der Waals surface area contributed by atoms with E-state index in [-0.39, 0.29) is 0 Å². The predicted molar refractivity (Wildman–Crippen MR) is 108 cm³/mol. The van der Waals surface area contributed by atoms with Gasteiger partial charge in [0.15, 0.2) is 5.96 Å². The standard InChI is InChI=1S/C20H42N4O/c1-5-21-20(22-14-9-7-6-8-10-15-23(2)3)24(4)16-11-19-12-17-25-18-13-19/h19H,5-18H2,1-4H3,(H,21,22). The van der Waals surface area contributed by atoms with Crippen LogP contribution < -0.4 is 5.32 Å². The number of hydrogen-bond donors (Lipinski definition) is 1. The Morgan fingerprint density at radius 3 is 2.36 bits per heavy atom. The average molecular weight is 355 g/mol. The van der Waals surface area contributed by atoms with Crippen LogP contribution in [0.4, 0.5) is 0 Å². The first-order chi connectivity index (χ1) is 12.1. The quantitative estimate of drug-likeness (QED) is 0.332. The largest absolute Gasteiger partial charge is 0.381 e. The highest BCUT2D eigenvalue weighted by Gasteiger charge is 2.15. The van der Waals surface area contributed by atoms with Gasteiger partial charge in [-0.2, -0.15) is 0 Å². The molecule has 148 valence electrons. The third kappa shape index (κ3) is 11.4. The first-order valence-corrected chi connectivity index (χ1v) is 10.4. The van der Waals surface area contributed by atoms with Crippen molar-refractivity contribution >= 4 is 5.96 Å². The molecule has 0 unspecified atom stereocenters. The van der Waals surface area contributed by atoms with E-state index >= 15 is 0 Å². The number of aliphatic imine (C=N–C) groups is 1. The van der Waals surface area contributed by atoms with E-state index < -0.39 is 0 Å². The van der Waals surface area contributed by atoms with Gasteiger partial charge in [-0.25, -0.2) is 0 Å². The Bertz CT molecular complexity index is 341. The molecule has 5 nitrogen and oxygen atoms in total. The summed E-state index contributed by atoms with van der Waals surface area (Å²) in [6.07, 6.45) is 10.2. The zero-order valence-corrected chi connectivity index (χ0v) is 17.2. The van der Waals surface area contributed by atoms with Gasteiger partial charge in [-0.15, -0.1) is 0 Å². The van der Waals surface area contributed by atoms with Crippen molar-refractivity contribution in [3.63, 3.8) is 0 Å². The maximum absolute atomic E-state index is 5.45. The lowest BCUT2D eigenvalue weighted by Crippen LogP contribution is -2.40. The maximum Gasteiger partial charge on any atom is 0.193 e. The van der Waals surface area contributed by atoms with Crippen LogP contribution in [0.5, 0.6) is 0 Å². The van der Waals surface area contributed by atoms with E-state index in [1.807, 2.05) is 0 Å². The molecule has 0 saturated carbocycles. The number of hydrogen-bond acceptors (Lipinski definition) is 3. The van der Waals surface area contributed by atoms with Gasteiger partial charge in [0.05, 0.1) is 0 Å². The summed E-state index contributed by atoms with van der Waals surface area (Å²) in [6, 6.07) is 0. The second kappa shape index (κ2) is 14.4. The van der Waals surface area contributed by atoms with Gasteiger partial charge in [0, 0.05) is 39.9 Å². The molecule has 1 heterocycles. The molecule has 1 aliphatic heterocycles. The highest BCUT2D eigenvalue weighted by Crippen LogP contribution is 2.18. The Labute approximate surface area is 156 Å². The van der Waals surface area contributed by atoms with Crippen LogP contribution in [-0.2, 0) is 4.74 Å². The molecule has 0 bridgehead atoms. The Morgan fingerprint density at radius 2 is 1.68 bits per heavy atom. The van der Waals surface area contributed by atoms with Gasteiger partial charge in [0.1, 0.15) is 0 Å². The molecular weight excluding hydrogens is 312 g/mol. The lowest BCUT2D eigenvalue weighted by Gasteiger charge is -2.26. The van der Waals surface area contributed by atoms with Crippen LogP contribution >= 0.6 is 0 Å². The monoisotopic (exact) mass is 354 g/mol. The Balaban J connectivity index is 2.18. The van der Waals surface area contributed by atoms with Crippen LogP contribution in [0.1, 0.15) is 58.3 Å². The minimum Gasteiger partial charge on any atom is -0.381 e. The summed E-state index contributed by atoms with van der Waals surface area (Å²) in [6.45, 7) is 8.20. The Hall–Kier alpha value is -0.810. The van der Waals surface area contributed by atoms with Crippen molar-refractivity contribution in [2.75, 3.05) is 60.5 Å². The lowest BCUT2D eigenvalue weighted by atomic mass is 9.96. The molecular formula is C20H42N4O. The third-order valence-corrected chi connectivity index (χ3v) is 4.94. The van der Waals surface area contributed by atoms with E-state index in [0.717, 1.165) is 44.7 Å². The van der Waals surface area contributed by atoms with Crippen LogP contribution in [0.3, 0.4) is 0 Å².